The molecule has 1 saturated heterocycles. The van der Waals surface area contributed by atoms with E-state index in [1.165, 1.54) is 22.5 Å². The van der Waals surface area contributed by atoms with Gasteiger partial charge < -0.3 is 10.2 Å². The second-order valence-electron chi connectivity index (χ2n) is 7.12. The van der Waals surface area contributed by atoms with E-state index in [9.17, 15) is 9.59 Å². The van der Waals surface area contributed by atoms with Crippen molar-refractivity contribution in [1.29, 1.82) is 0 Å². The predicted molar refractivity (Wildman–Crippen MR) is 108 cm³/mol. The molecule has 0 bridgehead atoms. The Bertz CT molecular complexity index is 844. The molecule has 1 aliphatic heterocycles. The number of benzene rings is 1. The molecule has 1 aliphatic rings. The number of hydrogen-bond acceptors (Lipinski definition) is 5. The number of aryl methyl sites for hydroxylation is 2. The lowest BCUT2D eigenvalue weighted by Crippen LogP contribution is -2.24. The molecule has 27 heavy (non-hydrogen) atoms. The van der Waals surface area contributed by atoms with Crippen LogP contribution >= 0.6 is 11.3 Å². The van der Waals surface area contributed by atoms with Crippen molar-refractivity contribution in [3.63, 3.8) is 0 Å². The summed E-state index contributed by atoms with van der Waals surface area (Å²) in [6.07, 6.45) is 2.02. The molecule has 6 nitrogen and oxygen atoms in total. The van der Waals surface area contributed by atoms with Crippen molar-refractivity contribution in [3.05, 3.63) is 34.3 Å². The van der Waals surface area contributed by atoms with E-state index in [0.29, 0.717) is 18.1 Å². The average Bonchev–Trinajstić information content (AvgIpc) is 3.25. The van der Waals surface area contributed by atoms with Crippen molar-refractivity contribution in [1.82, 2.24) is 10.2 Å². The van der Waals surface area contributed by atoms with Crippen molar-refractivity contribution < 1.29 is 9.59 Å². The molecule has 2 aromatic rings. The van der Waals surface area contributed by atoms with Crippen molar-refractivity contribution in [2.24, 2.45) is 5.92 Å². The van der Waals surface area contributed by atoms with Gasteiger partial charge in [-0.3, -0.25) is 9.59 Å². The number of carbonyl (C=O) groups excluding carboxylic acids is 2. The van der Waals surface area contributed by atoms with Crippen LogP contribution in [-0.4, -0.2) is 28.6 Å². The highest BCUT2D eigenvalue weighted by atomic mass is 32.1. The average molecular weight is 387 g/mol. The molecule has 1 atom stereocenters. The third-order valence-electron chi connectivity index (χ3n) is 5.30. The standard InChI is InChI=1S/C20H26N4O2S/c1-5-14(6-2)18(26)21-20-23-22-19(27-20)15-10-17(25)24(11-15)16-8-7-12(3)13(4)9-16/h7-9,14-15H,5-6,10-11H2,1-4H3,(H,21,23,26)/t15-/m1/s1. The molecule has 2 amide bonds. The number of carbonyl (C=O) groups is 2. The van der Waals surface area contributed by atoms with Gasteiger partial charge in [-0.25, -0.2) is 0 Å². The molecule has 1 N–H and O–H groups in total. The molecule has 2 heterocycles. The highest BCUT2D eigenvalue weighted by molar-refractivity contribution is 7.15. The van der Waals surface area contributed by atoms with E-state index < -0.39 is 0 Å². The topological polar surface area (TPSA) is 75.2 Å². The van der Waals surface area contributed by atoms with Gasteiger partial charge in [0.15, 0.2) is 0 Å². The summed E-state index contributed by atoms with van der Waals surface area (Å²) < 4.78 is 0. The Kier molecular flexibility index (Phi) is 5.89. The zero-order valence-corrected chi connectivity index (χ0v) is 17.1. The molecule has 0 spiro atoms. The van der Waals surface area contributed by atoms with E-state index >= 15 is 0 Å². The number of hydrogen-bond donors (Lipinski definition) is 1. The van der Waals surface area contributed by atoms with Gasteiger partial charge in [-0.2, -0.15) is 0 Å². The number of nitrogens with zero attached hydrogens (tertiary/aromatic N) is 3. The molecule has 0 radical (unpaired) electrons. The van der Waals surface area contributed by atoms with Crippen LogP contribution in [-0.2, 0) is 9.59 Å². The van der Waals surface area contributed by atoms with Crippen molar-refractivity contribution >= 4 is 34.0 Å². The number of aromatic nitrogens is 2. The van der Waals surface area contributed by atoms with Gasteiger partial charge in [-0.15, -0.1) is 10.2 Å². The van der Waals surface area contributed by atoms with Gasteiger partial charge in [0.1, 0.15) is 5.01 Å². The highest BCUT2D eigenvalue weighted by Gasteiger charge is 2.34. The van der Waals surface area contributed by atoms with Crippen molar-refractivity contribution in [3.8, 4) is 0 Å². The van der Waals surface area contributed by atoms with Gasteiger partial charge in [0.05, 0.1) is 0 Å². The van der Waals surface area contributed by atoms with E-state index in [1.807, 2.05) is 30.9 Å². The molecule has 7 heteroatoms. The first-order chi connectivity index (χ1) is 12.9. The summed E-state index contributed by atoms with van der Waals surface area (Å²) in [5.74, 6) is 0.0871. The van der Waals surface area contributed by atoms with Crippen LogP contribution in [0, 0.1) is 19.8 Å². The number of amides is 2. The minimum Gasteiger partial charge on any atom is -0.312 e. The Labute approximate surface area is 164 Å². The minimum atomic E-state index is -0.0121. The van der Waals surface area contributed by atoms with Crippen LogP contribution in [0.1, 0.15) is 55.2 Å². The fraction of sp³-hybridized carbons (Fsp3) is 0.500. The summed E-state index contributed by atoms with van der Waals surface area (Å²) in [7, 11) is 0. The Hall–Kier alpha value is -2.28. The predicted octanol–water partition coefficient (Wildman–Crippen LogP) is 4.05. The van der Waals surface area contributed by atoms with Crippen LogP contribution in [0.25, 0.3) is 0 Å². The Morgan fingerprint density at radius 2 is 2.00 bits per heavy atom. The Morgan fingerprint density at radius 1 is 1.26 bits per heavy atom. The Morgan fingerprint density at radius 3 is 2.67 bits per heavy atom. The van der Waals surface area contributed by atoms with Gasteiger partial charge in [-0.05, 0) is 49.9 Å². The lowest BCUT2D eigenvalue weighted by molar-refractivity contribution is -0.120. The normalized spacial score (nSPS) is 17.0. The van der Waals surface area contributed by atoms with Gasteiger partial charge in [-0.1, -0.05) is 31.3 Å². The molecular weight excluding hydrogens is 360 g/mol. The fourth-order valence-corrected chi connectivity index (χ4v) is 4.17. The quantitative estimate of drug-likeness (QED) is 0.813. The molecule has 0 saturated carbocycles. The third kappa shape index (κ3) is 4.18. The number of rotatable bonds is 6. The van der Waals surface area contributed by atoms with E-state index in [-0.39, 0.29) is 23.7 Å². The van der Waals surface area contributed by atoms with Crippen molar-refractivity contribution in [2.75, 3.05) is 16.8 Å². The molecule has 1 aromatic carbocycles. The SMILES string of the molecule is CCC(CC)C(=O)Nc1nnc([C@@H]2CC(=O)N(c3ccc(C)c(C)c3)C2)s1. The van der Waals surface area contributed by atoms with Crippen LogP contribution in [0.2, 0.25) is 0 Å². The number of anilines is 2. The lowest BCUT2D eigenvalue weighted by Gasteiger charge is -2.17. The zero-order chi connectivity index (χ0) is 19.6. The number of nitrogens with one attached hydrogen (secondary N) is 1. The molecule has 3 rings (SSSR count). The van der Waals surface area contributed by atoms with Gasteiger partial charge in [0.25, 0.3) is 0 Å². The molecule has 0 unspecified atom stereocenters. The Balaban J connectivity index is 1.69. The summed E-state index contributed by atoms with van der Waals surface area (Å²) >= 11 is 1.37. The second-order valence-corrected chi connectivity index (χ2v) is 8.13. The third-order valence-corrected chi connectivity index (χ3v) is 6.30. The first kappa shape index (κ1) is 19.5. The van der Waals surface area contributed by atoms with E-state index in [1.54, 1.807) is 0 Å². The summed E-state index contributed by atoms with van der Waals surface area (Å²) in [6.45, 7) is 8.72. The first-order valence-corrected chi connectivity index (χ1v) is 10.3. The summed E-state index contributed by atoms with van der Waals surface area (Å²) in [4.78, 5) is 26.6. The molecule has 0 aliphatic carbocycles. The molecule has 1 fully saturated rings. The minimum absolute atomic E-state index is 0.00863. The van der Waals surface area contributed by atoms with Crippen molar-refractivity contribution in [2.45, 2.75) is 52.9 Å². The molecule has 1 aromatic heterocycles. The van der Waals surface area contributed by atoms with Gasteiger partial charge in [0.2, 0.25) is 16.9 Å². The molecular formula is C20H26N4O2S. The van der Waals surface area contributed by atoms with E-state index in [2.05, 4.69) is 35.4 Å². The van der Waals surface area contributed by atoms with E-state index in [4.69, 9.17) is 0 Å². The summed E-state index contributed by atoms with van der Waals surface area (Å²) in [5.41, 5.74) is 3.31. The van der Waals surface area contributed by atoms with Gasteiger partial charge >= 0.3 is 0 Å². The summed E-state index contributed by atoms with van der Waals surface area (Å²) in [6, 6.07) is 6.09. The highest BCUT2D eigenvalue weighted by Crippen LogP contribution is 2.34. The van der Waals surface area contributed by atoms with Crippen LogP contribution < -0.4 is 10.2 Å². The van der Waals surface area contributed by atoms with Gasteiger partial charge in [0, 0.05) is 30.5 Å². The smallest absolute Gasteiger partial charge is 0.229 e. The lowest BCUT2D eigenvalue weighted by atomic mass is 10.0. The maximum Gasteiger partial charge on any atom is 0.229 e. The summed E-state index contributed by atoms with van der Waals surface area (Å²) in [5, 5.41) is 12.5. The monoisotopic (exact) mass is 386 g/mol. The zero-order valence-electron chi connectivity index (χ0n) is 16.3. The second kappa shape index (κ2) is 8.17. The fourth-order valence-electron chi connectivity index (χ4n) is 3.33. The van der Waals surface area contributed by atoms with Crippen LogP contribution in [0.5, 0.6) is 0 Å². The van der Waals surface area contributed by atoms with Crippen LogP contribution in [0.4, 0.5) is 10.8 Å². The van der Waals surface area contributed by atoms with E-state index in [0.717, 1.165) is 23.5 Å². The van der Waals surface area contributed by atoms with Crippen LogP contribution in [0.3, 0.4) is 0 Å². The first-order valence-electron chi connectivity index (χ1n) is 9.44. The largest absolute Gasteiger partial charge is 0.312 e. The van der Waals surface area contributed by atoms with Crippen LogP contribution in [0.15, 0.2) is 18.2 Å². The molecule has 144 valence electrons. The maximum absolute atomic E-state index is 12.5. The maximum atomic E-state index is 12.5.